The molecule has 17 heavy (non-hydrogen) atoms. The summed E-state index contributed by atoms with van der Waals surface area (Å²) in [6.07, 6.45) is 1.52. The minimum atomic E-state index is -1.09. The Bertz CT molecular complexity index is 398. The molecule has 1 aromatic heterocycles. The maximum Gasteiger partial charge on any atom is 0.327 e. The number of aromatic nitrogens is 3. The molecule has 1 rings (SSSR count). The van der Waals surface area contributed by atoms with E-state index >= 15 is 0 Å². The first-order chi connectivity index (χ1) is 7.94. The first kappa shape index (κ1) is 13.6. The van der Waals surface area contributed by atoms with Gasteiger partial charge in [0.05, 0.1) is 13.7 Å². The van der Waals surface area contributed by atoms with Gasteiger partial charge in [-0.05, 0) is 6.92 Å². The van der Waals surface area contributed by atoms with Crippen LogP contribution in [0.5, 0.6) is 0 Å². The number of methoxy groups -OCH3 is 1. The number of hydrogen-bond acceptors (Lipinski definition) is 5. The SMILES string of the molecule is CCc1nc(CC)n(CC(C)(N)C(=O)OC)n1. The number of nitrogens with zero attached hydrogens (tertiary/aromatic N) is 3. The first-order valence-electron chi connectivity index (χ1n) is 5.74. The molecule has 1 aromatic rings. The van der Waals surface area contributed by atoms with Gasteiger partial charge in [0.1, 0.15) is 11.4 Å². The zero-order valence-corrected chi connectivity index (χ0v) is 10.9. The van der Waals surface area contributed by atoms with Gasteiger partial charge in [0, 0.05) is 12.8 Å². The molecule has 1 atom stereocenters. The largest absolute Gasteiger partial charge is 0.468 e. The van der Waals surface area contributed by atoms with E-state index < -0.39 is 11.5 Å². The average Bonchev–Trinajstić information content (AvgIpc) is 2.69. The van der Waals surface area contributed by atoms with Crippen LogP contribution >= 0.6 is 0 Å². The molecule has 0 aromatic carbocycles. The highest BCUT2D eigenvalue weighted by Crippen LogP contribution is 2.09. The van der Waals surface area contributed by atoms with Gasteiger partial charge >= 0.3 is 5.97 Å². The van der Waals surface area contributed by atoms with Gasteiger partial charge in [-0.15, -0.1) is 0 Å². The molecule has 96 valence electrons. The summed E-state index contributed by atoms with van der Waals surface area (Å²) < 4.78 is 6.36. The predicted octanol–water partition coefficient (Wildman–Crippen LogP) is 0.293. The third kappa shape index (κ3) is 3.03. The highest BCUT2D eigenvalue weighted by atomic mass is 16.5. The molecule has 0 amide bonds. The number of nitrogens with two attached hydrogens (primary N) is 1. The summed E-state index contributed by atoms with van der Waals surface area (Å²) in [5, 5.41) is 4.32. The predicted molar refractivity (Wildman–Crippen MR) is 63.4 cm³/mol. The summed E-state index contributed by atoms with van der Waals surface area (Å²) in [7, 11) is 1.33. The summed E-state index contributed by atoms with van der Waals surface area (Å²) in [5.74, 6) is 1.15. The van der Waals surface area contributed by atoms with Crippen molar-refractivity contribution in [3.05, 3.63) is 11.6 Å². The molecule has 0 aliphatic heterocycles. The van der Waals surface area contributed by atoms with Gasteiger partial charge in [-0.25, -0.2) is 9.67 Å². The van der Waals surface area contributed by atoms with Gasteiger partial charge in [-0.3, -0.25) is 4.79 Å². The van der Waals surface area contributed by atoms with Gasteiger partial charge in [-0.1, -0.05) is 13.8 Å². The molecule has 0 radical (unpaired) electrons. The third-order valence-corrected chi connectivity index (χ3v) is 2.55. The van der Waals surface area contributed by atoms with Crippen molar-refractivity contribution in [2.75, 3.05) is 7.11 Å². The lowest BCUT2D eigenvalue weighted by atomic mass is 10.1. The van der Waals surface area contributed by atoms with E-state index in [0.29, 0.717) is 0 Å². The van der Waals surface area contributed by atoms with Crippen LogP contribution in [-0.4, -0.2) is 33.4 Å². The molecule has 0 fully saturated rings. The molecule has 0 aliphatic carbocycles. The summed E-state index contributed by atoms with van der Waals surface area (Å²) in [4.78, 5) is 15.9. The van der Waals surface area contributed by atoms with Crippen molar-refractivity contribution in [3.63, 3.8) is 0 Å². The van der Waals surface area contributed by atoms with Crippen LogP contribution in [-0.2, 0) is 28.9 Å². The second-order valence-corrected chi connectivity index (χ2v) is 4.22. The quantitative estimate of drug-likeness (QED) is 0.748. The molecule has 6 heteroatoms. The fraction of sp³-hybridized carbons (Fsp3) is 0.727. The van der Waals surface area contributed by atoms with Gasteiger partial charge in [-0.2, -0.15) is 5.10 Å². The lowest BCUT2D eigenvalue weighted by molar-refractivity contribution is -0.147. The van der Waals surface area contributed by atoms with Crippen molar-refractivity contribution in [2.45, 2.75) is 45.7 Å². The normalized spacial score (nSPS) is 14.4. The van der Waals surface area contributed by atoms with Crippen LogP contribution in [0.4, 0.5) is 0 Å². The molecular weight excluding hydrogens is 220 g/mol. The fourth-order valence-electron chi connectivity index (χ4n) is 1.57. The van der Waals surface area contributed by atoms with E-state index in [-0.39, 0.29) is 6.54 Å². The number of carbonyl (C=O) groups excluding carboxylic acids is 1. The lowest BCUT2D eigenvalue weighted by Crippen LogP contribution is -2.49. The highest BCUT2D eigenvalue weighted by molar-refractivity contribution is 5.79. The van der Waals surface area contributed by atoms with E-state index in [9.17, 15) is 4.79 Å². The monoisotopic (exact) mass is 240 g/mol. The number of aryl methyl sites for hydroxylation is 2. The summed E-state index contributed by atoms with van der Waals surface area (Å²) in [5.41, 5.74) is 4.83. The molecular formula is C11H20N4O2. The summed E-state index contributed by atoms with van der Waals surface area (Å²) in [6.45, 7) is 5.88. The number of esters is 1. The van der Waals surface area contributed by atoms with E-state index in [1.54, 1.807) is 11.6 Å². The van der Waals surface area contributed by atoms with Crippen molar-refractivity contribution < 1.29 is 9.53 Å². The van der Waals surface area contributed by atoms with E-state index in [0.717, 1.165) is 24.5 Å². The molecule has 0 bridgehead atoms. The molecule has 0 aliphatic rings. The Labute approximate surface area is 101 Å². The van der Waals surface area contributed by atoms with E-state index in [2.05, 4.69) is 14.8 Å². The van der Waals surface area contributed by atoms with Crippen LogP contribution in [0.2, 0.25) is 0 Å². The Balaban J connectivity index is 2.93. The Morgan fingerprint density at radius 2 is 2.12 bits per heavy atom. The minimum Gasteiger partial charge on any atom is -0.468 e. The van der Waals surface area contributed by atoms with Gasteiger partial charge < -0.3 is 10.5 Å². The third-order valence-electron chi connectivity index (χ3n) is 2.55. The Morgan fingerprint density at radius 3 is 2.59 bits per heavy atom. The minimum absolute atomic E-state index is 0.274. The number of carbonyl (C=O) groups is 1. The van der Waals surface area contributed by atoms with Crippen LogP contribution in [0.15, 0.2) is 0 Å². The number of ether oxygens (including phenoxy) is 1. The molecule has 1 unspecified atom stereocenters. The van der Waals surface area contributed by atoms with Crippen LogP contribution in [0.3, 0.4) is 0 Å². The fourth-order valence-corrected chi connectivity index (χ4v) is 1.57. The Kier molecular flexibility index (Phi) is 4.22. The number of hydrogen-bond donors (Lipinski definition) is 1. The summed E-state index contributed by atoms with van der Waals surface area (Å²) >= 11 is 0. The second kappa shape index (κ2) is 5.27. The second-order valence-electron chi connectivity index (χ2n) is 4.22. The smallest absolute Gasteiger partial charge is 0.327 e. The van der Waals surface area contributed by atoms with Gasteiger partial charge in [0.2, 0.25) is 0 Å². The zero-order valence-electron chi connectivity index (χ0n) is 10.9. The van der Waals surface area contributed by atoms with Crippen molar-refractivity contribution >= 4 is 5.97 Å². The van der Waals surface area contributed by atoms with Gasteiger partial charge in [0.25, 0.3) is 0 Å². The van der Waals surface area contributed by atoms with E-state index in [1.165, 1.54) is 7.11 Å². The molecule has 6 nitrogen and oxygen atoms in total. The van der Waals surface area contributed by atoms with Crippen LogP contribution in [0.1, 0.15) is 32.4 Å². The standard InChI is InChI=1S/C11H20N4O2/c1-5-8-13-9(6-2)15(14-8)7-11(3,12)10(16)17-4/h5-7,12H2,1-4H3. The van der Waals surface area contributed by atoms with Gasteiger partial charge in [0.15, 0.2) is 5.82 Å². The zero-order chi connectivity index (χ0) is 13.1. The molecule has 0 saturated heterocycles. The van der Waals surface area contributed by atoms with Crippen LogP contribution in [0.25, 0.3) is 0 Å². The first-order valence-corrected chi connectivity index (χ1v) is 5.74. The van der Waals surface area contributed by atoms with Crippen LogP contribution < -0.4 is 5.73 Å². The molecule has 0 saturated carbocycles. The Hall–Kier alpha value is -1.43. The van der Waals surface area contributed by atoms with Crippen molar-refractivity contribution in [3.8, 4) is 0 Å². The van der Waals surface area contributed by atoms with Crippen LogP contribution in [0, 0.1) is 0 Å². The van der Waals surface area contributed by atoms with Crippen molar-refractivity contribution in [1.29, 1.82) is 0 Å². The maximum absolute atomic E-state index is 11.5. The Morgan fingerprint density at radius 1 is 1.47 bits per heavy atom. The molecule has 0 spiro atoms. The topological polar surface area (TPSA) is 83.0 Å². The summed E-state index contributed by atoms with van der Waals surface area (Å²) in [6, 6.07) is 0. The molecule has 2 N–H and O–H groups in total. The van der Waals surface area contributed by atoms with Crippen molar-refractivity contribution in [1.82, 2.24) is 14.8 Å². The van der Waals surface area contributed by atoms with E-state index in [4.69, 9.17) is 5.73 Å². The number of rotatable bonds is 5. The maximum atomic E-state index is 11.5. The average molecular weight is 240 g/mol. The highest BCUT2D eigenvalue weighted by Gasteiger charge is 2.31. The lowest BCUT2D eigenvalue weighted by Gasteiger charge is -2.21. The van der Waals surface area contributed by atoms with Crippen molar-refractivity contribution in [2.24, 2.45) is 5.73 Å². The van der Waals surface area contributed by atoms with E-state index in [1.807, 2.05) is 13.8 Å². The molecule has 1 heterocycles.